The van der Waals surface area contributed by atoms with Crippen LogP contribution >= 0.6 is 11.3 Å². The molecule has 0 saturated heterocycles. The number of hydrogen-bond donors (Lipinski definition) is 1. The largest absolute Gasteiger partial charge is 0.253 e. The average Bonchev–Trinajstić information content (AvgIpc) is 3.01. The highest BCUT2D eigenvalue weighted by atomic mass is 32.1. The van der Waals surface area contributed by atoms with E-state index in [1.807, 2.05) is 29.8 Å². The van der Waals surface area contributed by atoms with Crippen LogP contribution < -0.4 is 5.43 Å². The zero-order valence-corrected chi connectivity index (χ0v) is 13.4. The predicted molar refractivity (Wildman–Crippen MR) is 94.7 cm³/mol. The molecule has 0 aliphatic heterocycles. The molecule has 0 atom stereocenters. The lowest BCUT2D eigenvalue weighted by Crippen LogP contribution is -1.91. The third-order valence-corrected chi connectivity index (χ3v) is 4.23. The number of nitrogens with zero attached hydrogens (tertiary/aromatic N) is 2. The summed E-state index contributed by atoms with van der Waals surface area (Å²) >= 11 is 1.55. The molecule has 0 aliphatic rings. The van der Waals surface area contributed by atoms with Gasteiger partial charge < -0.3 is 0 Å². The smallest absolute Gasteiger partial charge is 0.203 e. The van der Waals surface area contributed by atoms with Crippen molar-refractivity contribution in [3.63, 3.8) is 0 Å². The third-order valence-electron chi connectivity index (χ3n) is 3.48. The number of rotatable bonds is 4. The van der Waals surface area contributed by atoms with Gasteiger partial charge >= 0.3 is 0 Å². The van der Waals surface area contributed by atoms with Crippen LogP contribution in [0.1, 0.15) is 16.7 Å². The van der Waals surface area contributed by atoms with Crippen LogP contribution in [0.5, 0.6) is 0 Å². The number of nitrogens with one attached hydrogen (secondary N) is 1. The van der Waals surface area contributed by atoms with Crippen LogP contribution in [0.2, 0.25) is 0 Å². The normalized spacial score (nSPS) is 11.0. The van der Waals surface area contributed by atoms with Crippen LogP contribution in [-0.4, -0.2) is 11.2 Å². The zero-order chi connectivity index (χ0) is 15.4. The molecule has 3 nitrogen and oxygen atoms in total. The minimum absolute atomic E-state index is 0.791. The highest BCUT2D eigenvalue weighted by Gasteiger charge is 2.02. The van der Waals surface area contributed by atoms with Gasteiger partial charge in [0.1, 0.15) is 0 Å². The van der Waals surface area contributed by atoms with Crippen molar-refractivity contribution in [2.45, 2.75) is 13.8 Å². The number of benzene rings is 2. The number of hydrazone groups is 1. The van der Waals surface area contributed by atoms with E-state index in [1.54, 1.807) is 11.3 Å². The molecular weight excluding hydrogens is 290 g/mol. The van der Waals surface area contributed by atoms with E-state index < -0.39 is 0 Å². The minimum Gasteiger partial charge on any atom is -0.253 e. The summed E-state index contributed by atoms with van der Waals surface area (Å²) in [5.74, 6) is 0. The number of aromatic nitrogens is 1. The summed E-state index contributed by atoms with van der Waals surface area (Å²) in [4.78, 5) is 4.54. The maximum atomic E-state index is 4.54. The lowest BCUT2D eigenvalue weighted by atomic mass is 10.1. The Morgan fingerprint density at radius 1 is 1.05 bits per heavy atom. The molecule has 22 heavy (non-hydrogen) atoms. The van der Waals surface area contributed by atoms with Gasteiger partial charge in [-0.2, -0.15) is 5.10 Å². The molecule has 3 rings (SSSR count). The Morgan fingerprint density at radius 2 is 1.86 bits per heavy atom. The van der Waals surface area contributed by atoms with Gasteiger partial charge in [0, 0.05) is 10.9 Å². The van der Waals surface area contributed by atoms with Crippen molar-refractivity contribution in [3.05, 3.63) is 70.6 Å². The second-order valence-electron chi connectivity index (χ2n) is 5.12. The first-order chi connectivity index (χ1) is 10.7. The Balaban J connectivity index is 1.68. The average molecular weight is 307 g/mol. The van der Waals surface area contributed by atoms with E-state index in [0.29, 0.717) is 0 Å². The summed E-state index contributed by atoms with van der Waals surface area (Å²) in [6, 6.07) is 16.4. The van der Waals surface area contributed by atoms with Gasteiger partial charge in [-0.1, -0.05) is 48.5 Å². The topological polar surface area (TPSA) is 37.3 Å². The predicted octanol–water partition coefficient (Wildman–Crippen LogP) is 4.87. The summed E-state index contributed by atoms with van der Waals surface area (Å²) in [7, 11) is 0. The molecular formula is C18H17N3S. The van der Waals surface area contributed by atoms with Crippen molar-refractivity contribution >= 4 is 22.7 Å². The number of hydrogen-bond acceptors (Lipinski definition) is 4. The van der Waals surface area contributed by atoms with Gasteiger partial charge in [0.15, 0.2) is 0 Å². The van der Waals surface area contributed by atoms with Crippen LogP contribution in [0, 0.1) is 13.8 Å². The maximum Gasteiger partial charge on any atom is 0.203 e. The highest BCUT2D eigenvalue weighted by Crippen LogP contribution is 2.24. The van der Waals surface area contributed by atoms with E-state index in [9.17, 15) is 0 Å². The van der Waals surface area contributed by atoms with Crippen molar-refractivity contribution < 1.29 is 0 Å². The first-order valence-electron chi connectivity index (χ1n) is 7.09. The molecule has 0 saturated carbocycles. The van der Waals surface area contributed by atoms with E-state index in [4.69, 9.17) is 0 Å². The molecule has 0 radical (unpaired) electrons. The summed E-state index contributed by atoms with van der Waals surface area (Å²) in [5.41, 5.74) is 8.71. The summed E-state index contributed by atoms with van der Waals surface area (Å²) in [5, 5.41) is 7.08. The Labute approximate surface area is 134 Å². The van der Waals surface area contributed by atoms with E-state index in [0.717, 1.165) is 22.0 Å². The van der Waals surface area contributed by atoms with Crippen molar-refractivity contribution in [2.75, 3.05) is 5.43 Å². The number of anilines is 1. The lowest BCUT2D eigenvalue weighted by molar-refractivity contribution is 1.28. The summed E-state index contributed by atoms with van der Waals surface area (Å²) in [6.45, 7) is 4.21. The second-order valence-corrected chi connectivity index (χ2v) is 5.98. The van der Waals surface area contributed by atoms with Gasteiger partial charge in [0.2, 0.25) is 5.13 Å². The Morgan fingerprint density at radius 3 is 2.64 bits per heavy atom. The van der Waals surface area contributed by atoms with E-state index in [1.165, 1.54) is 11.1 Å². The monoisotopic (exact) mass is 307 g/mol. The van der Waals surface area contributed by atoms with Crippen molar-refractivity contribution in [1.82, 2.24) is 4.98 Å². The van der Waals surface area contributed by atoms with Gasteiger partial charge in [0.25, 0.3) is 0 Å². The lowest BCUT2D eigenvalue weighted by Gasteiger charge is -2.00. The number of thiazole rings is 1. The van der Waals surface area contributed by atoms with Crippen LogP contribution in [0.3, 0.4) is 0 Å². The quantitative estimate of drug-likeness (QED) is 0.551. The molecule has 0 spiro atoms. The fourth-order valence-corrected chi connectivity index (χ4v) is 2.74. The summed E-state index contributed by atoms with van der Waals surface area (Å²) < 4.78 is 0. The molecule has 3 aromatic rings. The van der Waals surface area contributed by atoms with E-state index >= 15 is 0 Å². The first-order valence-corrected chi connectivity index (χ1v) is 7.97. The van der Waals surface area contributed by atoms with Gasteiger partial charge in [-0.05, 0) is 30.5 Å². The fraction of sp³-hybridized carbons (Fsp3) is 0.111. The fourth-order valence-electron chi connectivity index (χ4n) is 2.07. The molecule has 0 fully saturated rings. The molecule has 4 heteroatoms. The van der Waals surface area contributed by atoms with Crippen LogP contribution in [-0.2, 0) is 0 Å². The standard InChI is InChI=1S/C18H17N3S/c1-13-8-9-15(10-14(13)2)11-19-21-18-20-17(12-22-18)16-6-4-3-5-7-16/h3-12H,1-2H3,(H,20,21). The van der Waals surface area contributed by atoms with Crippen LogP contribution in [0.15, 0.2) is 59.0 Å². The summed E-state index contributed by atoms with van der Waals surface area (Å²) in [6.07, 6.45) is 1.82. The van der Waals surface area contributed by atoms with Gasteiger partial charge in [-0.25, -0.2) is 4.98 Å². The second kappa shape index (κ2) is 6.54. The van der Waals surface area contributed by atoms with Gasteiger partial charge in [-0.15, -0.1) is 11.3 Å². The van der Waals surface area contributed by atoms with E-state index in [2.05, 4.69) is 59.7 Å². The Hall–Kier alpha value is -2.46. The SMILES string of the molecule is Cc1ccc(C=NNc2nc(-c3ccccc3)cs2)cc1C. The Kier molecular flexibility index (Phi) is 4.30. The molecule has 0 unspecified atom stereocenters. The molecule has 2 aromatic carbocycles. The van der Waals surface area contributed by atoms with Crippen LogP contribution in [0.25, 0.3) is 11.3 Å². The van der Waals surface area contributed by atoms with Crippen LogP contribution in [0.4, 0.5) is 5.13 Å². The zero-order valence-electron chi connectivity index (χ0n) is 12.6. The molecule has 0 bridgehead atoms. The van der Waals surface area contributed by atoms with E-state index in [-0.39, 0.29) is 0 Å². The molecule has 0 amide bonds. The molecule has 110 valence electrons. The van der Waals surface area contributed by atoms with Crippen molar-refractivity contribution in [2.24, 2.45) is 5.10 Å². The molecule has 1 aromatic heterocycles. The van der Waals surface area contributed by atoms with Crippen molar-refractivity contribution in [1.29, 1.82) is 0 Å². The number of aryl methyl sites for hydroxylation is 2. The van der Waals surface area contributed by atoms with Gasteiger partial charge in [-0.3, -0.25) is 5.43 Å². The first kappa shape index (κ1) is 14.5. The van der Waals surface area contributed by atoms with Gasteiger partial charge in [0.05, 0.1) is 11.9 Å². The highest BCUT2D eigenvalue weighted by molar-refractivity contribution is 7.14. The molecule has 1 N–H and O–H groups in total. The minimum atomic E-state index is 0.791. The third kappa shape index (κ3) is 3.40. The molecule has 1 heterocycles. The maximum absolute atomic E-state index is 4.54. The van der Waals surface area contributed by atoms with Crippen molar-refractivity contribution in [3.8, 4) is 11.3 Å². The Bertz CT molecular complexity index is 791. The molecule has 0 aliphatic carbocycles.